The second-order valence-corrected chi connectivity index (χ2v) is 6.39. The number of aromatic amines is 1. The molecule has 3 aromatic heterocycles. The van der Waals surface area contributed by atoms with Crippen molar-refractivity contribution in [3.8, 4) is 0 Å². The zero-order chi connectivity index (χ0) is 17.7. The van der Waals surface area contributed by atoms with Gasteiger partial charge in [-0.2, -0.15) is 0 Å². The molecule has 1 unspecified atom stereocenters. The molecule has 4 heterocycles. The molecular formula is C18H15FN6O. The number of halogens is 1. The van der Waals surface area contributed by atoms with Crippen LogP contribution in [-0.2, 0) is 0 Å². The molecule has 1 aromatic carbocycles. The van der Waals surface area contributed by atoms with Crippen LogP contribution in [-0.4, -0.2) is 41.7 Å². The summed E-state index contributed by atoms with van der Waals surface area (Å²) in [6, 6.07) is 6.06. The Bertz CT molecular complexity index is 1100. The van der Waals surface area contributed by atoms with E-state index in [4.69, 9.17) is 0 Å². The standard InChI is InChI=1S/C18H15FN6O/c19-11-4-5-12-13(9-11)22-16(21-12)15-3-1-8-25(15)17(26)14-10-24-7-2-6-20-18(24)23-14/h2,4-7,9-10,15H,1,3,8H2,(H,21,22). The van der Waals surface area contributed by atoms with Gasteiger partial charge in [-0.15, -0.1) is 0 Å². The molecule has 0 bridgehead atoms. The number of benzene rings is 1. The van der Waals surface area contributed by atoms with E-state index in [2.05, 4.69) is 19.9 Å². The van der Waals surface area contributed by atoms with Crippen molar-refractivity contribution in [2.24, 2.45) is 0 Å². The molecule has 0 spiro atoms. The molecule has 0 saturated carbocycles. The summed E-state index contributed by atoms with van der Waals surface area (Å²) in [4.78, 5) is 30.9. The number of likely N-dealkylation sites (tertiary alicyclic amines) is 1. The van der Waals surface area contributed by atoms with Crippen LogP contribution in [0, 0.1) is 5.82 Å². The highest BCUT2D eigenvalue weighted by atomic mass is 19.1. The molecule has 4 aromatic rings. The summed E-state index contributed by atoms with van der Waals surface area (Å²) in [6.07, 6.45) is 6.82. The first-order valence-corrected chi connectivity index (χ1v) is 8.45. The molecule has 1 amide bonds. The second kappa shape index (κ2) is 5.62. The molecule has 1 aliphatic heterocycles. The highest BCUT2D eigenvalue weighted by molar-refractivity contribution is 5.93. The average Bonchev–Trinajstić information content (AvgIpc) is 3.36. The predicted octanol–water partition coefficient (Wildman–Crippen LogP) is 2.72. The fourth-order valence-electron chi connectivity index (χ4n) is 3.53. The summed E-state index contributed by atoms with van der Waals surface area (Å²) in [6.45, 7) is 0.635. The fourth-order valence-corrected chi connectivity index (χ4v) is 3.53. The van der Waals surface area contributed by atoms with E-state index in [1.54, 1.807) is 40.0 Å². The third-order valence-corrected chi connectivity index (χ3v) is 4.75. The Morgan fingerprint density at radius 2 is 2.23 bits per heavy atom. The van der Waals surface area contributed by atoms with E-state index in [1.807, 2.05) is 0 Å². The van der Waals surface area contributed by atoms with Gasteiger partial charge in [0.15, 0.2) is 0 Å². The van der Waals surface area contributed by atoms with E-state index in [0.717, 1.165) is 12.8 Å². The Morgan fingerprint density at radius 3 is 3.12 bits per heavy atom. The maximum Gasteiger partial charge on any atom is 0.274 e. The number of rotatable bonds is 2. The van der Waals surface area contributed by atoms with Gasteiger partial charge in [0.1, 0.15) is 17.3 Å². The summed E-state index contributed by atoms with van der Waals surface area (Å²) in [7, 11) is 0. The predicted molar refractivity (Wildman–Crippen MR) is 92.1 cm³/mol. The minimum absolute atomic E-state index is 0.148. The molecule has 5 rings (SSSR count). The van der Waals surface area contributed by atoms with Gasteiger partial charge in [0.05, 0.1) is 17.1 Å². The number of nitrogens with one attached hydrogen (secondary N) is 1. The number of carbonyl (C=O) groups excluding carboxylic acids is 1. The largest absolute Gasteiger partial charge is 0.340 e. The third-order valence-electron chi connectivity index (χ3n) is 4.75. The summed E-state index contributed by atoms with van der Waals surface area (Å²) >= 11 is 0. The van der Waals surface area contributed by atoms with E-state index in [-0.39, 0.29) is 17.8 Å². The molecule has 1 aliphatic rings. The zero-order valence-corrected chi connectivity index (χ0v) is 13.8. The van der Waals surface area contributed by atoms with Crippen molar-refractivity contribution >= 4 is 22.7 Å². The number of hydrogen-bond acceptors (Lipinski definition) is 4. The number of imidazole rings is 2. The van der Waals surface area contributed by atoms with Crippen LogP contribution in [0.15, 0.2) is 42.9 Å². The number of aromatic nitrogens is 5. The Balaban J connectivity index is 1.50. The topological polar surface area (TPSA) is 79.2 Å². The first kappa shape index (κ1) is 15.0. The zero-order valence-electron chi connectivity index (χ0n) is 13.8. The van der Waals surface area contributed by atoms with Crippen LogP contribution in [0.4, 0.5) is 4.39 Å². The van der Waals surface area contributed by atoms with Crippen LogP contribution in [0.3, 0.4) is 0 Å². The first-order chi connectivity index (χ1) is 12.7. The molecule has 0 radical (unpaired) electrons. The molecule has 1 fully saturated rings. The molecule has 1 N–H and O–H groups in total. The van der Waals surface area contributed by atoms with E-state index in [9.17, 15) is 9.18 Å². The quantitative estimate of drug-likeness (QED) is 0.603. The van der Waals surface area contributed by atoms with E-state index in [1.165, 1.54) is 12.1 Å². The summed E-state index contributed by atoms with van der Waals surface area (Å²) in [5.41, 5.74) is 1.69. The highest BCUT2D eigenvalue weighted by Crippen LogP contribution is 2.32. The van der Waals surface area contributed by atoms with Gasteiger partial charge in [0.2, 0.25) is 5.78 Å². The SMILES string of the molecule is O=C(c1cn2cccnc2n1)N1CCCC1c1nc2ccc(F)cc2[nH]1. The van der Waals surface area contributed by atoms with Gasteiger partial charge in [0, 0.05) is 25.1 Å². The Kier molecular flexibility index (Phi) is 3.24. The van der Waals surface area contributed by atoms with Crippen molar-refractivity contribution < 1.29 is 9.18 Å². The monoisotopic (exact) mass is 350 g/mol. The molecular weight excluding hydrogens is 335 g/mol. The summed E-state index contributed by atoms with van der Waals surface area (Å²) in [5.74, 6) is 0.707. The summed E-state index contributed by atoms with van der Waals surface area (Å²) in [5, 5.41) is 0. The number of hydrogen-bond donors (Lipinski definition) is 1. The maximum atomic E-state index is 13.4. The van der Waals surface area contributed by atoms with Gasteiger partial charge in [-0.05, 0) is 37.1 Å². The van der Waals surface area contributed by atoms with Crippen LogP contribution in [0.5, 0.6) is 0 Å². The van der Waals surface area contributed by atoms with Crippen LogP contribution in [0.2, 0.25) is 0 Å². The first-order valence-electron chi connectivity index (χ1n) is 8.45. The lowest BCUT2D eigenvalue weighted by Gasteiger charge is -2.22. The lowest BCUT2D eigenvalue weighted by Crippen LogP contribution is -2.31. The maximum absolute atomic E-state index is 13.4. The third kappa shape index (κ3) is 2.33. The molecule has 26 heavy (non-hydrogen) atoms. The summed E-state index contributed by atoms with van der Waals surface area (Å²) < 4.78 is 15.1. The van der Waals surface area contributed by atoms with Gasteiger partial charge >= 0.3 is 0 Å². The highest BCUT2D eigenvalue weighted by Gasteiger charge is 2.33. The number of amides is 1. The molecule has 7 nitrogen and oxygen atoms in total. The lowest BCUT2D eigenvalue weighted by atomic mass is 10.2. The molecule has 130 valence electrons. The van der Waals surface area contributed by atoms with Crippen molar-refractivity contribution in [2.75, 3.05) is 6.54 Å². The van der Waals surface area contributed by atoms with Gasteiger partial charge in [0.25, 0.3) is 5.91 Å². The van der Waals surface area contributed by atoms with Crippen molar-refractivity contribution in [3.63, 3.8) is 0 Å². The number of fused-ring (bicyclic) bond motifs is 2. The normalized spacial score (nSPS) is 17.4. The number of nitrogens with zero attached hydrogens (tertiary/aromatic N) is 5. The second-order valence-electron chi connectivity index (χ2n) is 6.39. The molecule has 8 heteroatoms. The molecule has 1 atom stereocenters. The van der Waals surface area contributed by atoms with Crippen LogP contribution in [0.25, 0.3) is 16.8 Å². The van der Waals surface area contributed by atoms with E-state index >= 15 is 0 Å². The van der Waals surface area contributed by atoms with Crippen molar-refractivity contribution in [1.82, 2.24) is 29.2 Å². The van der Waals surface area contributed by atoms with Crippen LogP contribution in [0.1, 0.15) is 35.2 Å². The fraction of sp³-hybridized carbons (Fsp3) is 0.222. The van der Waals surface area contributed by atoms with Crippen molar-refractivity contribution in [2.45, 2.75) is 18.9 Å². The van der Waals surface area contributed by atoms with Gasteiger partial charge < -0.3 is 9.88 Å². The number of H-pyrrole nitrogens is 1. The minimum atomic E-state index is -0.316. The Hall–Kier alpha value is -3.29. The van der Waals surface area contributed by atoms with Crippen LogP contribution >= 0.6 is 0 Å². The van der Waals surface area contributed by atoms with Gasteiger partial charge in [-0.25, -0.2) is 19.3 Å². The van der Waals surface area contributed by atoms with Crippen molar-refractivity contribution in [1.29, 1.82) is 0 Å². The lowest BCUT2D eigenvalue weighted by molar-refractivity contribution is 0.0725. The van der Waals surface area contributed by atoms with E-state index < -0.39 is 0 Å². The Labute approximate surface area is 147 Å². The molecule has 1 saturated heterocycles. The van der Waals surface area contributed by atoms with Gasteiger partial charge in [-0.1, -0.05) is 0 Å². The van der Waals surface area contributed by atoms with Crippen molar-refractivity contribution in [3.05, 3.63) is 60.2 Å². The molecule has 0 aliphatic carbocycles. The average molecular weight is 350 g/mol. The number of carbonyl (C=O) groups is 1. The van der Waals surface area contributed by atoms with Crippen LogP contribution < -0.4 is 0 Å². The smallest absolute Gasteiger partial charge is 0.274 e. The Morgan fingerprint density at radius 1 is 1.31 bits per heavy atom. The van der Waals surface area contributed by atoms with Gasteiger partial charge in [-0.3, -0.25) is 9.20 Å². The minimum Gasteiger partial charge on any atom is -0.340 e. The van der Waals surface area contributed by atoms with E-state index in [0.29, 0.717) is 34.9 Å².